The first kappa shape index (κ1) is 20.2. The zero-order valence-corrected chi connectivity index (χ0v) is 17.9. The van der Waals surface area contributed by atoms with E-state index in [1.807, 2.05) is 49.6 Å². The zero-order valence-electron chi connectivity index (χ0n) is 17.1. The van der Waals surface area contributed by atoms with Gasteiger partial charge in [0.15, 0.2) is 5.65 Å². The molecule has 6 heteroatoms. The maximum absolute atomic E-state index is 13.1. The molecule has 2 heterocycles. The molecule has 0 saturated carbocycles. The summed E-state index contributed by atoms with van der Waals surface area (Å²) in [5.41, 5.74) is 7.86. The number of aromatic nitrogens is 3. The van der Waals surface area contributed by atoms with E-state index in [2.05, 4.69) is 34.7 Å². The Morgan fingerprint density at radius 2 is 1.63 bits per heavy atom. The second-order valence-corrected chi connectivity index (χ2v) is 7.96. The summed E-state index contributed by atoms with van der Waals surface area (Å²) < 4.78 is 1.46. The maximum Gasteiger partial charge on any atom is 0.281 e. The fraction of sp³-hybridized carbons (Fsp3) is 0.208. The van der Waals surface area contributed by atoms with Crippen molar-refractivity contribution in [1.82, 2.24) is 14.6 Å². The Morgan fingerprint density at radius 3 is 2.30 bits per heavy atom. The molecule has 0 bridgehead atoms. The average molecular weight is 417 g/mol. The lowest BCUT2D eigenvalue weighted by molar-refractivity contribution is 0.784. The Kier molecular flexibility index (Phi) is 6.14. The van der Waals surface area contributed by atoms with E-state index in [4.69, 9.17) is 4.98 Å². The lowest BCUT2D eigenvalue weighted by atomic mass is 10.1. The van der Waals surface area contributed by atoms with Gasteiger partial charge in [0.1, 0.15) is 6.33 Å². The second kappa shape index (κ2) is 9.13. The predicted octanol–water partition coefficient (Wildman–Crippen LogP) is 4.35. The van der Waals surface area contributed by atoms with Crippen molar-refractivity contribution >= 4 is 22.8 Å². The minimum atomic E-state index is -0.120. The quantitative estimate of drug-likeness (QED) is 0.454. The summed E-state index contributed by atoms with van der Waals surface area (Å²) in [6.07, 6.45) is 5.28. The summed E-state index contributed by atoms with van der Waals surface area (Å²) in [6, 6.07) is 20.4. The maximum atomic E-state index is 13.1. The van der Waals surface area contributed by atoms with Crippen LogP contribution in [0.2, 0.25) is 0 Å². The van der Waals surface area contributed by atoms with E-state index in [1.165, 1.54) is 16.6 Å². The highest BCUT2D eigenvalue weighted by atomic mass is 32.2. The molecule has 4 aromatic rings. The summed E-state index contributed by atoms with van der Waals surface area (Å²) >= 11 is 1.64. The van der Waals surface area contributed by atoms with Crippen LogP contribution in [0.1, 0.15) is 22.4 Å². The molecule has 0 amide bonds. The van der Waals surface area contributed by atoms with E-state index in [-0.39, 0.29) is 5.56 Å². The van der Waals surface area contributed by atoms with Gasteiger partial charge < -0.3 is 5.43 Å². The molecule has 4 rings (SSSR count). The van der Waals surface area contributed by atoms with Crippen LogP contribution < -0.4 is 11.0 Å². The molecule has 0 aliphatic carbocycles. The summed E-state index contributed by atoms with van der Waals surface area (Å²) in [5.74, 6) is 0. The van der Waals surface area contributed by atoms with Gasteiger partial charge in [0, 0.05) is 4.90 Å². The average Bonchev–Trinajstić information content (AvgIpc) is 2.78. The monoisotopic (exact) mass is 416 g/mol. The number of aryl methyl sites for hydroxylation is 3. The van der Waals surface area contributed by atoms with Gasteiger partial charge in [-0.15, -0.1) is 11.8 Å². The molecule has 5 nitrogen and oxygen atoms in total. The van der Waals surface area contributed by atoms with Crippen molar-refractivity contribution in [3.63, 3.8) is 0 Å². The van der Waals surface area contributed by atoms with Gasteiger partial charge in [0.2, 0.25) is 0 Å². The summed E-state index contributed by atoms with van der Waals surface area (Å²) in [7, 11) is 0. The molecule has 0 aliphatic heterocycles. The van der Waals surface area contributed by atoms with Crippen LogP contribution in [-0.4, -0.2) is 20.9 Å². The third-order valence-electron chi connectivity index (χ3n) is 5.16. The lowest BCUT2D eigenvalue weighted by Crippen LogP contribution is -2.29. The Balaban J connectivity index is 1.66. The number of pyridine rings is 1. The molecule has 0 spiro atoms. The van der Waals surface area contributed by atoms with Gasteiger partial charge >= 0.3 is 0 Å². The number of rotatable bonds is 7. The van der Waals surface area contributed by atoms with Gasteiger partial charge in [0.25, 0.3) is 5.56 Å². The Bertz CT molecular complexity index is 1210. The number of hydrogen-bond donors (Lipinski definition) is 1. The minimum absolute atomic E-state index is 0.120. The summed E-state index contributed by atoms with van der Waals surface area (Å²) in [5, 5.41) is 0.575. The molecule has 2 aromatic heterocycles. The zero-order chi connectivity index (χ0) is 20.9. The fourth-order valence-corrected chi connectivity index (χ4v) is 4.39. The molecule has 0 aliphatic rings. The smallest absolute Gasteiger partial charge is 0.281 e. The Hall–Kier alpha value is -3.12. The Morgan fingerprint density at radius 1 is 0.967 bits per heavy atom. The second-order valence-electron chi connectivity index (χ2n) is 7.14. The Labute approximate surface area is 180 Å². The topological polar surface area (TPSA) is 59.8 Å². The van der Waals surface area contributed by atoms with E-state index < -0.39 is 0 Å². The largest absolute Gasteiger partial charge is 0.317 e. The molecule has 0 radical (unpaired) electrons. The molecule has 0 saturated heterocycles. The first-order valence-electron chi connectivity index (χ1n) is 9.94. The van der Waals surface area contributed by atoms with Crippen LogP contribution in [0.4, 0.5) is 0 Å². The molecule has 30 heavy (non-hydrogen) atoms. The normalized spacial score (nSPS) is 11.0. The number of thioether (sulfide) groups is 1. The molecule has 2 aromatic carbocycles. The summed E-state index contributed by atoms with van der Waals surface area (Å²) in [4.78, 5) is 23.5. The van der Waals surface area contributed by atoms with Crippen molar-refractivity contribution in [3.05, 3.63) is 99.7 Å². The van der Waals surface area contributed by atoms with Gasteiger partial charge in [-0.05, 0) is 42.7 Å². The molecule has 152 valence electrons. The number of nitrogens with one attached hydrogen (secondary N) is 1. The van der Waals surface area contributed by atoms with Crippen LogP contribution >= 0.6 is 11.8 Å². The number of hydrogen-bond acceptors (Lipinski definition) is 5. The first-order valence-corrected chi connectivity index (χ1v) is 11.2. The third kappa shape index (κ3) is 4.24. The molecular weight excluding hydrogens is 392 g/mol. The molecule has 1 N–H and O–H groups in total. The number of nitrogens with zero attached hydrogens (tertiary/aromatic N) is 3. The van der Waals surface area contributed by atoms with Gasteiger partial charge in [-0.1, -0.05) is 60.7 Å². The molecular formula is C24H24N4OS. The van der Waals surface area contributed by atoms with Crippen molar-refractivity contribution in [2.24, 2.45) is 0 Å². The van der Waals surface area contributed by atoms with Crippen molar-refractivity contribution in [2.75, 3.05) is 11.7 Å². The van der Waals surface area contributed by atoms with E-state index in [9.17, 15) is 4.79 Å². The third-order valence-corrected chi connectivity index (χ3v) is 6.11. The highest BCUT2D eigenvalue weighted by Crippen LogP contribution is 2.28. The van der Waals surface area contributed by atoms with Crippen LogP contribution in [0.5, 0.6) is 0 Å². The number of benzene rings is 2. The predicted molar refractivity (Wildman–Crippen MR) is 124 cm³/mol. The van der Waals surface area contributed by atoms with Crippen molar-refractivity contribution in [2.45, 2.75) is 31.2 Å². The van der Waals surface area contributed by atoms with Gasteiger partial charge in [-0.25, -0.2) is 14.6 Å². The van der Waals surface area contributed by atoms with Gasteiger partial charge in [-0.3, -0.25) is 4.79 Å². The summed E-state index contributed by atoms with van der Waals surface area (Å²) in [6.45, 7) is 2.54. The highest BCUT2D eigenvalue weighted by Gasteiger charge is 2.16. The van der Waals surface area contributed by atoms with Crippen molar-refractivity contribution in [1.29, 1.82) is 0 Å². The van der Waals surface area contributed by atoms with E-state index in [1.54, 1.807) is 11.8 Å². The van der Waals surface area contributed by atoms with Crippen molar-refractivity contribution < 1.29 is 0 Å². The van der Waals surface area contributed by atoms with Gasteiger partial charge in [0.05, 0.1) is 17.6 Å². The minimum Gasteiger partial charge on any atom is -0.317 e. The van der Waals surface area contributed by atoms with Crippen LogP contribution in [0.25, 0.3) is 11.0 Å². The standard InChI is InChI=1S/C24H24N4OS/c1-17-21-23(25-16-28(24(21)29)26-15-19-11-7-4-8-12-19)27-20(22(17)30-2)14-13-18-9-5-3-6-10-18/h3-12,16,26H,13-15H2,1-2H3. The van der Waals surface area contributed by atoms with Crippen LogP contribution in [0.15, 0.2) is 76.7 Å². The van der Waals surface area contributed by atoms with Crippen LogP contribution in [0, 0.1) is 6.92 Å². The molecule has 0 atom stereocenters. The SMILES string of the molecule is CSc1c(CCc2ccccc2)nc2ncn(NCc3ccccc3)c(=O)c2c1C. The van der Waals surface area contributed by atoms with E-state index >= 15 is 0 Å². The van der Waals surface area contributed by atoms with Gasteiger partial charge in [-0.2, -0.15) is 0 Å². The lowest BCUT2D eigenvalue weighted by Gasteiger charge is -2.14. The molecule has 0 fully saturated rings. The molecule has 0 unspecified atom stereocenters. The highest BCUT2D eigenvalue weighted by molar-refractivity contribution is 7.98. The first-order chi connectivity index (χ1) is 14.7. The van der Waals surface area contributed by atoms with Crippen LogP contribution in [0.3, 0.4) is 0 Å². The van der Waals surface area contributed by atoms with E-state index in [0.29, 0.717) is 17.6 Å². The van der Waals surface area contributed by atoms with E-state index in [0.717, 1.165) is 34.6 Å². The number of fused-ring (bicyclic) bond motifs is 1. The van der Waals surface area contributed by atoms with Crippen LogP contribution in [-0.2, 0) is 19.4 Å². The fourth-order valence-electron chi connectivity index (χ4n) is 3.60. The van der Waals surface area contributed by atoms with Crippen molar-refractivity contribution in [3.8, 4) is 0 Å².